The third kappa shape index (κ3) is 2.45. The van der Waals surface area contributed by atoms with Gasteiger partial charge in [0.1, 0.15) is 5.52 Å². The van der Waals surface area contributed by atoms with Crippen LogP contribution in [0.3, 0.4) is 0 Å². The number of hydrogen-bond acceptors (Lipinski definition) is 2. The molecule has 1 fully saturated rings. The Kier molecular flexibility index (Phi) is 3.74. The third-order valence-corrected chi connectivity index (χ3v) is 4.09. The number of benzene rings is 1. The highest BCUT2D eigenvalue weighted by atomic mass is 19.2. The fourth-order valence-corrected chi connectivity index (χ4v) is 3.08. The second kappa shape index (κ2) is 5.54. The average Bonchev–Trinajstić information content (AvgIpc) is 2.99. The van der Waals surface area contributed by atoms with Crippen LogP contribution >= 0.6 is 0 Å². The molecule has 0 aliphatic heterocycles. The molecule has 1 N–H and O–H groups in total. The Morgan fingerprint density at radius 1 is 1.14 bits per heavy atom. The second-order valence-corrected chi connectivity index (χ2v) is 5.48. The van der Waals surface area contributed by atoms with Crippen molar-refractivity contribution in [2.24, 2.45) is 0 Å². The highest BCUT2D eigenvalue weighted by molar-refractivity contribution is 5.92. The van der Waals surface area contributed by atoms with Crippen LogP contribution in [0, 0.1) is 17.5 Å². The van der Waals surface area contributed by atoms with Gasteiger partial charge in [-0.1, -0.05) is 12.8 Å². The Morgan fingerprint density at radius 2 is 1.86 bits per heavy atom. The molecule has 1 saturated carbocycles. The number of aromatic nitrogens is 1. The van der Waals surface area contributed by atoms with Crippen LogP contribution in [0.2, 0.25) is 0 Å². The number of nitrogens with one attached hydrogen (secondary N) is 1. The topological polar surface area (TPSA) is 24.9 Å². The van der Waals surface area contributed by atoms with E-state index >= 15 is 0 Å². The molecule has 5 heteroatoms. The molecule has 1 aliphatic carbocycles. The van der Waals surface area contributed by atoms with Crippen molar-refractivity contribution in [3.05, 3.63) is 35.3 Å². The fourth-order valence-electron chi connectivity index (χ4n) is 3.08. The van der Waals surface area contributed by atoms with E-state index in [9.17, 15) is 13.2 Å². The summed E-state index contributed by atoms with van der Waals surface area (Å²) in [6.45, 7) is 2.40. The zero-order chi connectivity index (χ0) is 15.0. The number of halogens is 3. The minimum absolute atomic E-state index is 0.0887. The summed E-state index contributed by atoms with van der Waals surface area (Å²) < 4.78 is 41.5. The van der Waals surface area contributed by atoms with Crippen molar-refractivity contribution in [1.82, 2.24) is 4.98 Å². The molecular weight excluding hydrogens is 277 g/mol. The van der Waals surface area contributed by atoms with Gasteiger partial charge in [0.15, 0.2) is 17.5 Å². The van der Waals surface area contributed by atoms with Crippen molar-refractivity contribution in [1.29, 1.82) is 0 Å². The summed E-state index contributed by atoms with van der Waals surface area (Å²) in [6, 6.07) is 2.31. The van der Waals surface area contributed by atoms with Crippen molar-refractivity contribution >= 4 is 16.6 Å². The number of fused-ring (bicyclic) bond motifs is 1. The van der Waals surface area contributed by atoms with E-state index in [0.29, 0.717) is 18.3 Å². The fraction of sp³-hybridized carbons (Fsp3) is 0.438. The number of hydrogen-bond donors (Lipinski definition) is 1. The molecule has 112 valence electrons. The summed E-state index contributed by atoms with van der Waals surface area (Å²) in [5, 5.41) is 2.90. The number of anilines is 1. The summed E-state index contributed by atoms with van der Waals surface area (Å²) in [5.74, 6) is -2.77. The van der Waals surface area contributed by atoms with E-state index < -0.39 is 17.5 Å². The lowest BCUT2D eigenvalue weighted by Gasteiger charge is -2.15. The summed E-state index contributed by atoms with van der Waals surface area (Å²) >= 11 is 0. The first kappa shape index (κ1) is 14.2. The number of nitrogens with zero attached hydrogens (tertiary/aromatic N) is 1. The van der Waals surface area contributed by atoms with Crippen LogP contribution in [0.5, 0.6) is 0 Å². The highest BCUT2D eigenvalue weighted by Crippen LogP contribution is 2.37. The molecule has 0 spiro atoms. The zero-order valence-corrected chi connectivity index (χ0v) is 11.8. The van der Waals surface area contributed by atoms with Crippen LogP contribution in [0.4, 0.5) is 18.9 Å². The Hall–Kier alpha value is -1.78. The standard InChI is InChI=1S/C16H17F3N2/c1-2-20-13-8-12(9-5-3-4-6-9)21-16-11(18)7-10(17)15(19)14(13)16/h7-9H,2-6H2,1H3,(H,20,21). The Morgan fingerprint density at radius 3 is 2.52 bits per heavy atom. The first-order valence-electron chi connectivity index (χ1n) is 7.33. The van der Waals surface area contributed by atoms with Gasteiger partial charge in [0.2, 0.25) is 0 Å². The first-order valence-corrected chi connectivity index (χ1v) is 7.33. The molecule has 0 atom stereocenters. The van der Waals surface area contributed by atoms with Crippen molar-refractivity contribution in [3.8, 4) is 0 Å². The van der Waals surface area contributed by atoms with E-state index in [1.165, 1.54) is 0 Å². The predicted octanol–water partition coefficient (Wildman–Crippen LogP) is 4.74. The van der Waals surface area contributed by atoms with Crippen molar-refractivity contribution in [2.45, 2.75) is 38.5 Å². The van der Waals surface area contributed by atoms with E-state index in [2.05, 4.69) is 10.3 Å². The molecule has 0 bridgehead atoms. The summed E-state index contributed by atoms with van der Waals surface area (Å²) in [4.78, 5) is 4.28. The van der Waals surface area contributed by atoms with Gasteiger partial charge in [0.25, 0.3) is 0 Å². The summed E-state index contributed by atoms with van der Waals surface area (Å²) in [5.41, 5.74) is 1.09. The molecule has 3 rings (SSSR count). The van der Waals surface area contributed by atoms with E-state index in [1.807, 2.05) is 6.92 Å². The van der Waals surface area contributed by atoms with E-state index in [1.54, 1.807) is 6.07 Å². The zero-order valence-electron chi connectivity index (χ0n) is 11.8. The molecule has 2 nitrogen and oxygen atoms in total. The van der Waals surface area contributed by atoms with Gasteiger partial charge in [-0.15, -0.1) is 0 Å². The predicted molar refractivity (Wildman–Crippen MR) is 77.0 cm³/mol. The number of pyridine rings is 1. The minimum atomic E-state index is -1.19. The maximum Gasteiger partial charge on any atom is 0.170 e. The molecule has 1 heterocycles. The molecule has 1 aromatic carbocycles. The maximum atomic E-state index is 14.0. The normalized spacial score (nSPS) is 15.8. The molecule has 0 saturated heterocycles. The van der Waals surface area contributed by atoms with Crippen LogP contribution in [0.15, 0.2) is 12.1 Å². The Labute approximate surface area is 121 Å². The Bertz CT molecular complexity index is 679. The summed E-state index contributed by atoms with van der Waals surface area (Å²) in [7, 11) is 0. The number of rotatable bonds is 3. The van der Waals surface area contributed by atoms with Crippen LogP contribution in [0.1, 0.15) is 44.2 Å². The molecule has 1 aliphatic rings. The second-order valence-electron chi connectivity index (χ2n) is 5.48. The van der Waals surface area contributed by atoms with Crippen molar-refractivity contribution in [2.75, 3.05) is 11.9 Å². The highest BCUT2D eigenvalue weighted by Gasteiger charge is 2.23. The van der Waals surface area contributed by atoms with Gasteiger partial charge in [0, 0.05) is 29.9 Å². The van der Waals surface area contributed by atoms with Gasteiger partial charge in [-0.05, 0) is 25.8 Å². The van der Waals surface area contributed by atoms with Crippen molar-refractivity contribution < 1.29 is 13.2 Å². The quantitative estimate of drug-likeness (QED) is 0.827. The lowest BCUT2D eigenvalue weighted by atomic mass is 10.0. The molecule has 0 radical (unpaired) electrons. The van der Waals surface area contributed by atoms with Crippen LogP contribution in [-0.2, 0) is 0 Å². The van der Waals surface area contributed by atoms with Crippen LogP contribution in [-0.4, -0.2) is 11.5 Å². The average molecular weight is 294 g/mol. The molecule has 1 aromatic heterocycles. The van der Waals surface area contributed by atoms with E-state index in [0.717, 1.165) is 31.4 Å². The van der Waals surface area contributed by atoms with Gasteiger partial charge in [-0.25, -0.2) is 18.2 Å². The summed E-state index contributed by atoms with van der Waals surface area (Å²) in [6.07, 6.45) is 4.27. The lowest BCUT2D eigenvalue weighted by Crippen LogP contribution is -2.06. The van der Waals surface area contributed by atoms with Crippen molar-refractivity contribution in [3.63, 3.8) is 0 Å². The SMILES string of the molecule is CCNc1cc(C2CCCC2)nc2c(F)cc(F)c(F)c12. The Balaban J connectivity index is 2.25. The van der Waals surface area contributed by atoms with E-state index in [4.69, 9.17) is 0 Å². The maximum absolute atomic E-state index is 14.0. The van der Waals surface area contributed by atoms with Crippen LogP contribution < -0.4 is 5.32 Å². The van der Waals surface area contributed by atoms with E-state index in [-0.39, 0.29) is 16.8 Å². The molecule has 0 amide bonds. The van der Waals surface area contributed by atoms with Gasteiger partial charge in [-0.3, -0.25) is 0 Å². The molecule has 21 heavy (non-hydrogen) atoms. The largest absolute Gasteiger partial charge is 0.385 e. The molecule has 2 aromatic rings. The molecule has 0 unspecified atom stereocenters. The molecular formula is C16H17F3N2. The monoisotopic (exact) mass is 294 g/mol. The van der Waals surface area contributed by atoms with Gasteiger partial charge in [0.05, 0.1) is 5.39 Å². The lowest BCUT2D eigenvalue weighted by molar-refractivity contribution is 0.505. The van der Waals surface area contributed by atoms with Gasteiger partial charge >= 0.3 is 0 Å². The van der Waals surface area contributed by atoms with Gasteiger partial charge < -0.3 is 5.32 Å². The third-order valence-electron chi connectivity index (χ3n) is 4.09. The first-order chi connectivity index (χ1) is 10.1. The van der Waals surface area contributed by atoms with Crippen LogP contribution in [0.25, 0.3) is 10.9 Å². The van der Waals surface area contributed by atoms with Gasteiger partial charge in [-0.2, -0.15) is 0 Å². The smallest absolute Gasteiger partial charge is 0.170 e. The minimum Gasteiger partial charge on any atom is -0.385 e.